The molecule has 0 fully saturated rings. The predicted molar refractivity (Wildman–Crippen MR) is 59.2 cm³/mol. The van der Waals surface area contributed by atoms with Crippen molar-refractivity contribution >= 4 is 11.6 Å². The number of nitrogens with zero attached hydrogens (tertiary/aromatic N) is 1. The lowest BCUT2D eigenvalue weighted by Crippen LogP contribution is -2.18. The van der Waals surface area contributed by atoms with Crippen LogP contribution in [-0.2, 0) is 0 Å². The van der Waals surface area contributed by atoms with Crippen LogP contribution in [0.3, 0.4) is 0 Å². The van der Waals surface area contributed by atoms with Crippen molar-refractivity contribution in [3.63, 3.8) is 0 Å². The number of methoxy groups -OCH3 is 1. The molecule has 4 nitrogen and oxygen atoms in total. The SMILES string of the molecule is COc1cccc(C(=O)NN=C(C)C)c1. The highest BCUT2D eigenvalue weighted by atomic mass is 16.5. The van der Waals surface area contributed by atoms with E-state index >= 15 is 0 Å². The molecule has 1 amide bonds. The van der Waals surface area contributed by atoms with E-state index in [0.717, 1.165) is 5.71 Å². The summed E-state index contributed by atoms with van der Waals surface area (Å²) in [7, 11) is 1.56. The fourth-order valence-corrected chi connectivity index (χ4v) is 0.991. The van der Waals surface area contributed by atoms with Gasteiger partial charge in [-0.15, -0.1) is 0 Å². The Morgan fingerprint density at radius 3 is 2.73 bits per heavy atom. The van der Waals surface area contributed by atoms with E-state index in [1.54, 1.807) is 31.4 Å². The molecule has 0 aliphatic heterocycles. The molecule has 1 N–H and O–H groups in total. The molecule has 15 heavy (non-hydrogen) atoms. The van der Waals surface area contributed by atoms with Crippen LogP contribution in [-0.4, -0.2) is 18.7 Å². The molecule has 0 heterocycles. The van der Waals surface area contributed by atoms with Gasteiger partial charge in [-0.1, -0.05) is 6.07 Å². The van der Waals surface area contributed by atoms with E-state index < -0.39 is 0 Å². The zero-order chi connectivity index (χ0) is 11.3. The molecule has 0 aliphatic rings. The summed E-state index contributed by atoms with van der Waals surface area (Å²) in [5, 5.41) is 3.83. The van der Waals surface area contributed by atoms with Gasteiger partial charge >= 0.3 is 0 Å². The molecular formula is C11H14N2O2. The van der Waals surface area contributed by atoms with Gasteiger partial charge in [0.2, 0.25) is 0 Å². The fraction of sp³-hybridized carbons (Fsp3) is 0.273. The van der Waals surface area contributed by atoms with Gasteiger partial charge < -0.3 is 4.74 Å². The second-order valence-electron chi connectivity index (χ2n) is 3.23. The van der Waals surface area contributed by atoms with E-state index in [4.69, 9.17) is 4.74 Å². The summed E-state index contributed by atoms with van der Waals surface area (Å²) < 4.78 is 5.01. The van der Waals surface area contributed by atoms with Crippen molar-refractivity contribution < 1.29 is 9.53 Å². The molecule has 0 unspecified atom stereocenters. The van der Waals surface area contributed by atoms with Gasteiger partial charge in [0, 0.05) is 11.3 Å². The minimum atomic E-state index is -0.241. The molecule has 0 atom stereocenters. The Morgan fingerprint density at radius 2 is 2.13 bits per heavy atom. The van der Waals surface area contributed by atoms with Gasteiger partial charge in [0.15, 0.2) is 0 Å². The van der Waals surface area contributed by atoms with E-state index in [1.165, 1.54) is 0 Å². The second kappa shape index (κ2) is 5.14. The van der Waals surface area contributed by atoms with Crippen molar-refractivity contribution in [1.82, 2.24) is 5.43 Å². The van der Waals surface area contributed by atoms with E-state index in [9.17, 15) is 4.79 Å². The quantitative estimate of drug-likeness (QED) is 0.605. The number of ether oxygens (including phenoxy) is 1. The molecule has 1 aromatic carbocycles. The van der Waals surface area contributed by atoms with Crippen molar-refractivity contribution in [2.24, 2.45) is 5.10 Å². The number of hydrogen-bond acceptors (Lipinski definition) is 3. The van der Waals surface area contributed by atoms with Gasteiger partial charge in [-0.05, 0) is 32.0 Å². The second-order valence-corrected chi connectivity index (χ2v) is 3.23. The van der Waals surface area contributed by atoms with Gasteiger partial charge in [0.25, 0.3) is 5.91 Å². The van der Waals surface area contributed by atoms with Gasteiger partial charge in [-0.25, -0.2) is 5.43 Å². The lowest BCUT2D eigenvalue weighted by Gasteiger charge is -2.03. The first kappa shape index (κ1) is 11.2. The van der Waals surface area contributed by atoms with Gasteiger partial charge in [-0.2, -0.15) is 5.10 Å². The molecule has 0 bridgehead atoms. The van der Waals surface area contributed by atoms with Crippen LogP contribution in [0.25, 0.3) is 0 Å². The average Bonchev–Trinajstić information content (AvgIpc) is 2.26. The number of hydrogen-bond donors (Lipinski definition) is 1. The number of benzene rings is 1. The monoisotopic (exact) mass is 206 g/mol. The third-order valence-corrected chi connectivity index (χ3v) is 1.71. The number of rotatable bonds is 3. The summed E-state index contributed by atoms with van der Waals surface area (Å²) >= 11 is 0. The van der Waals surface area contributed by atoms with Crippen molar-refractivity contribution in [2.75, 3.05) is 7.11 Å². The zero-order valence-electron chi connectivity index (χ0n) is 9.07. The Bertz CT molecular complexity index is 382. The fourth-order valence-electron chi connectivity index (χ4n) is 0.991. The highest BCUT2D eigenvalue weighted by Crippen LogP contribution is 2.12. The van der Waals surface area contributed by atoms with E-state index in [2.05, 4.69) is 10.5 Å². The summed E-state index contributed by atoms with van der Waals surface area (Å²) in [5.41, 5.74) is 3.77. The minimum absolute atomic E-state index is 0.241. The molecule has 80 valence electrons. The Morgan fingerprint density at radius 1 is 1.40 bits per heavy atom. The van der Waals surface area contributed by atoms with Crippen LogP contribution in [0.4, 0.5) is 0 Å². The minimum Gasteiger partial charge on any atom is -0.497 e. The Balaban J connectivity index is 2.77. The highest BCUT2D eigenvalue weighted by Gasteiger charge is 2.04. The summed E-state index contributed by atoms with van der Waals surface area (Å²) in [5.74, 6) is 0.412. The van der Waals surface area contributed by atoms with E-state index in [0.29, 0.717) is 11.3 Å². The maximum atomic E-state index is 11.5. The van der Waals surface area contributed by atoms with Crippen LogP contribution in [0.15, 0.2) is 29.4 Å². The Hall–Kier alpha value is -1.84. The third kappa shape index (κ3) is 3.42. The molecule has 0 saturated carbocycles. The topological polar surface area (TPSA) is 50.7 Å². The first-order valence-corrected chi connectivity index (χ1v) is 4.59. The molecule has 0 spiro atoms. The smallest absolute Gasteiger partial charge is 0.271 e. The van der Waals surface area contributed by atoms with Crippen molar-refractivity contribution in [2.45, 2.75) is 13.8 Å². The highest BCUT2D eigenvalue weighted by molar-refractivity contribution is 5.95. The first-order valence-electron chi connectivity index (χ1n) is 4.59. The molecule has 0 aliphatic carbocycles. The third-order valence-electron chi connectivity index (χ3n) is 1.71. The van der Waals surface area contributed by atoms with Gasteiger partial charge in [0.1, 0.15) is 5.75 Å². The van der Waals surface area contributed by atoms with Gasteiger partial charge in [0.05, 0.1) is 7.11 Å². The summed E-state index contributed by atoms with van der Waals surface area (Å²) in [6.07, 6.45) is 0. The number of amides is 1. The molecule has 1 rings (SSSR count). The van der Waals surface area contributed by atoms with E-state index in [-0.39, 0.29) is 5.91 Å². The lowest BCUT2D eigenvalue weighted by atomic mass is 10.2. The van der Waals surface area contributed by atoms with Crippen LogP contribution in [0.5, 0.6) is 5.75 Å². The maximum Gasteiger partial charge on any atom is 0.271 e. The average molecular weight is 206 g/mol. The lowest BCUT2D eigenvalue weighted by molar-refractivity contribution is 0.0954. The Kier molecular flexibility index (Phi) is 3.85. The first-order chi connectivity index (χ1) is 7.13. The number of carbonyl (C=O) groups excluding carboxylic acids is 1. The van der Waals surface area contributed by atoms with Crippen LogP contribution in [0, 0.1) is 0 Å². The Labute approximate surface area is 88.9 Å². The molecule has 0 aromatic heterocycles. The summed E-state index contributed by atoms with van der Waals surface area (Å²) in [6.45, 7) is 3.62. The van der Waals surface area contributed by atoms with Crippen molar-refractivity contribution in [3.8, 4) is 5.75 Å². The molecular weight excluding hydrogens is 192 g/mol. The number of hydrazone groups is 1. The van der Waals surface area contributed by atoms with Crippen LogP contribution < -0.4 is 10.2 Å². The summed E-state index contributed by atoms with van der Waals surface area (Å²) in [4.78, 5) is 11.5. The van der Waals surface area contributed by atoms with Crippen molar-refractivity contribution in [1.29, 1.82) is 0 Å². The van der Waals surface area contributed by atoms with E-state index in [1.807, 2.05) is 13.8 Å². The maximum absolute atomic E-state index is 11.5. The standard InChI is InChI=1S/C11H14N2O2/c1-8(2)12-13-11(14)9-5-4-6-10(7-9)15-3/h4-7H,1-3H3,(H,13,14). The van der Waals surface area contributed by atoms with Crippen LogP contribution >= 0.6 is 0 Å². The zero-order valence-corrected chi connectivity index (χ0v) is 9.07. The number of nitrogens with one attached hydrogen (secondary N) is 1. The molecule has 4 heteroatoms. The largest absolute Gasteiger partial charge is 0.497 e. The predicted octanol–water partition coefficient (Wildman–Crippen LogP) is 1.82. The normalized spacial score (nSPS) is 9.27. The molecule has 0 radical (unpaired) electrons. The van der Waals surface area contributed by atoms with Crippen LogP contribution in [0.2, 0.25) is 0 Å². The van der Waals surface area contributed by atoms with Gasteiger partial charge in [-0.3, -0.25) is 4.79 Å². The molecule has 0 saturated heterocycles. The summed E-state index contributed by atoms with van der Waals surface area (Å²) in [6, 6.07) is 6.91. The van der Waals surface area contributed by atoms with Crippen molar-refractivity contribution in [3.05, 3.63) is 29.8 Å². The molecule has 1 aromatic rings. The number of carbonyl (C=O) groups is 1. The van der Waals surface area contributed by atoms with Crippen LogP contribution in [0.1, 0.15) is 24.2 Å².